The van der Waals surface area contributed by atoms with E-state index in [4.69, 9.17) is 4.52 Å². The van der Waals surface area contributed by atoms with Crippen LogP contribution in [0.25, 0.3) is 11.4 Å². The molecule has 0 aliphatic carbocycles. The lowest BCUT2D eigenvalue weighted by Crippen LogP contribution is -2.40. The van der Waals surface area contributed by atoms with Gasteiger partial charge < -0.3 is 9.84 Å². The van der Waals surface area contributed by atoms with Crippen LogP contribution in [0.3, 0.4) is 0 Å². The first kappa shape index (κ1) is 26.9. The Morgan fingerprint density at radius 1 is 0.900 bits per heavy atom. The third kappa shape index (κ3) is 6.69. The number of halogens is 1. The summed E-state index contributed by atoms with van der Waals surface area (Å²) in [5.74, 6) is 1.38. The number of carbonyl (C=O) groups excluding carboxylic acids is 1. The van der Waals surface area contributed by atoms with Crippen LogP contribution in [0.2, 0.25) is 0 Å². The van der Waals surface area contributed by atoms with E-state index >= 15 is 0 Å². The second kappa shape index (κ2) is 12.5. The van der Waals surface area contributed by atoms with Crippen molar-refractivity contribution in [3.05, 3.63) is 105 Å². The van der Waals surface area contributed by atoms with Gasteiger partial charge in [0.15, 0.2) is 0 Å². The van der Waals surface area contributed by atoms with E-state index in [1.807, 2.05) is 24.3 Å². The highest BCUT2D eigenvalue weighted by atomic mass is 79.9. The topological polar surface area (TPSA) is 74.5 Å². The summed E-state index contributed by atoms with van der Waals surface area (Å²) in [7, 11) is 0. The van der Waals surface area contributed by atoms with Gasteiger partial charge in [-0.3, -0.25) is 14.6 Å². The van der Waals surface area contributed by atoms with Crippen LogP contribution in [-0.2, 0) is 37.4 Å². The largest absolute Gasteiger partial charge is 0.352 e. The molecule has 1 N–H and O–H groups in total. The molecule has 6 rings (SSSR count). The molecule has 2 aliphatic heterocycles. The summed E-state index contributed by atoms with van der Waals surface area (Å²) >= 11 is 3.48. The van der Waals surface area contributed by atoms with E-state index in [0.717, 1.165) is 67.6 Å². The van der Waals surface area contributed by atoms with Crippen LogP contribution in [0.15, 0.2) is 81.8 Å². The maximum atomic E-state index is 13.0. The van der Waals surface area contributed by atoms with E-state index in [0.29, 0.717) is 24.8 Å². The van der Waals surface area contributed by atoms with Gasteiger partial charge in [-0.2, -0.15) is 4.98 Å². The van der Waals surface area contributed by atoms with E-state index in [-0.39, 0.29) is 11.8 Å². The number of nitrogens with one attached hydrogen (secondary N) is 1. The van der Waals surface area contributed by atoms with Crippen LogP contribution in [0, 0.1) is 5.92 Å². The van der Waals surface area contributed by atoms with Gasteiger partial charge in [-0.1, -0.05) is 81.8 Å². The number of likely N-dealkylation sites (tertiary alicyclic amines) is 1. The average Bonchev–Trinajstić information content (AvgIpc) is 3.45. The molecule has 0 unspecified atom stereocenters. The molecule has 0 radical (unpaired) electrons. The third-order valence-electron chi connectivity index (χ3n) is 7.94. The van der Waals surface area contributed by atoms with Crippen molar-refractivity contribution in [2.24, 2.45) is 5.92 Å². The maximum absolute atomic E-state index is 13.0. The Hall–Kier alpha value is -3.33. The van der Waals surface area contributed by atoms with Crippen molar-refractivity contribution in [1.82, 2.24) is 25.3 Å². The molecule has 206 valence electrons. The lowest BCUT2D eigenvalue weighted by Gasteiger charge is -2.30. The average molecular weight is 601 g/mol. The maximum Gasteiger partial charge on any atom is 0.241 e. The molecule has 0 saturated carbocycles. The number of rotatable bonds is 8. The van der Waals surface area contributed by atoms with E-state index in [2.05, 4.69) is 89.7 Å². The van der Waals surface area contributed by atoms with E-state index in [9.17, 15) is 4.79 Å². The molecule has 0 bridgehead atoms. The minimum Gasteiger partial charge on any atom is -0.352 e. The molecule has 1 saturated heterocycles. The number of benzene rings is 3. The highest BCUT2D eigenvalue weighted by Crippen LogP contribution is 2.23. The standard InChI is InChI=1S/C32H34BrN5O2/c33-29-10-4-9-27(18-29)31-35-30(40-36-31)22-37-14-12-26(13-15-37)32(39)34-19-23-5-3-6-24(17-23)20-38-16-11-25-7-1-2-8-28(25)21-38/h1-10,17-18,26H,11-16,19-22H2,(H,34,39). The Labute approximate surface area is 243 Å². The summed E-state index contributed by atoms with van der Waals surface area (Å²) in [6.45, 7) is 5.84. The molecule has 7 nitrogen and oxygen atoms in total. The Morgan fingerprint density at radius 3 is 2.55 bits per heavy atom. The lowest BCUT2D eigenvalue weighted by molar-refractivity contribution is -0.126. The van der Waals surface area contributed by atoms with Crippen molar-refractivity contribution in [2.75, 3.05) is 19.6 Å². The van der Waals surface area contributed by atoms with Crippen LogP contribution < -0.4 is 5.32 Å². The van der Waals surface area contributed by atoms with Crippen LogP contribution >= 0.6 is 15.9 Å². The quantitative estimate of drug-likeness (QED) is 0.285. The van der Waals surface area contributed by atoms with Gasteiger partial charge in [-0.05, 0) is 66.7 Å². The highest BCUT2D eigenvalue weighted by molar-refractivity contribution is 9.10. The Kier molecular flexibility index (Phi) is 8.37. The normalized spacial score (nSPS) is 16.5. The van der Waals surface area contributed by atoms with E-state index in [1.165, 1.54) is 16.7 Å². The van der Waals surface area contributed by atoms with E-state index < -0.39 is 0 Å². The van der Waals surface area contributed by atoms with Crippen LogP contribution in [0.4, 0.5) is 0 Å². The molecule has 4 aromatic rings. The number of carbonyl (C=O) groups is 1. The minimum absolute atomic E-state index is 0.0350. The summed E-state index contributed by atoms with van der Waals surface area (Å²) in [5.41, 5.74) is 6.27. The number of aromatic nitrogens is 2. The summed E-state index contributed by atoms with van der Waals surface area (Å²) < 4.78 is 6.48. The predicted molar refractivity (Wildman–Crippen MR) is 158 cm³/mol. The molecule has 40 heavy (non-hydrogen) atoms. The van der Waals surface area contributed by atoms with Crippen molar-refractivity contribution in [3.63, 3.8) is 0 Å². The van der Waals surface area contributed by atoms with Crippen molar-refractivity contribution >= 4 is 21.8 Å². The molecule has 3 aromatic carbocycles. The molecule has 1 amide bonds. The van der Waals surface area contributed by atoms with Crippen LogP contribution in [0.5, 0.6) is 0 Å². The lowest BCUT2D eigenvalue weighted by atomic mass is 9.95. The first-order valence-electron chi connectivity index (χ1n) is 14.0. The summed E-state index contributed by atoms with van der Waals surface area (Å²) in [4.78, 5) is 22.3. The van der Waals surface area contributed by atoms with Crippen LogP contribution in [-0.4, -0.2) is 45.5 Å². The van der Waals surface area contributed by atoms with Gasteiger partial charge in [-0.25, -0.2) is 0 Å². The van der Waals surface area contributed by atoms with Crippen molar-refractivity contribution < 1.29 is 9.32 Å². The Bertz CT molecular complexity index is 1460. The summed E-state index contributed by atoms with van der Waals surface area (Å²) in [6, 6.07) is 25.2. The number of hydrogen-bond acceptors (Lipinski definition) is 6. The summed E-state index contributed by atoms with van der Waals surface area (Å²) in [5, 5.41) is 7.32. The van der Waals surface area contributed by atoms with Crippen molar-refractivity contribution in [3.8, 4) is 11.4 Å². The number of nitrogens with zero attached hydrogens (tertiary/aromatic N) is 4. The van der Waals surface area contributed by atoms with Gasteiger partial charge >= 0.3 is 0 Å². The molecule has 1 aromatic heterocycles. The number of amides is 1. The monoisotopic (exact) mass is 599 g/mol. The Morgan fingerprint density at radius 2 is 1.70 bits per heavy atom. The van der Waals surface area contributed by atoms with Gasteiger partial charge in [0.25, 0.3) is 0 Å². The smallest absolute Gasteiger partial charge is 0.241 e. The van der Waals surface area contributed by atoms with Crippen molar-refractivity contribution in [2.45, 2.75) is 45.4 Å². The molecule has 1 fully saturated rings. The third-order valence-corrected chi connectivity index (χ3v) is 8.44. The molecule has 0 atom stereocenters. The first-order valence-corrected chi connectivity index (χ1v) is 14.8. The first-order chi connectivity index (χ1) is 19.6. The second-order valence-electron chi connectivity index (χ2n) is 10.8. The molecule has 0 spiro atoms. The molecule has 2 aliphatic rings. The summed E-state index contributed by atoms with van der Waals surface area (Å²) in [6.07, 6.45) is 2.76. The second-order valence-corrected chi connectivity index (χ2v) is 11.8. The number of piperidine rings is 1. The van der Waals surface area contributed by atoms with Gasteiger partial charge in [0.05, 0.1) is 6.54 Å². The Balaban J connectivity index is 0.952. The zero-order valence-corrected chi connectivity index (χ0v) is 24.1. The fourth-order valence-electron chi connectivity index (χ4n) is 5.73. The SMILES string of the molecule is O=C(NCc1cccc(CN2CCc3ccccc3C2)c1)C1CCN(Cc2nc(-c3cccc(Br)c3)no2)CC1. The predicted octanol–water partition coefficient (Wildman–Crippen LogP) is 5.59. The zero-order valence-electron chi connectivity index (χ0n) is 22.6. The molecular weight excluding hydrogens is 566 g/mol. The van der Waals surface area contributed by atoms with Gasteiger partial charge in [0.2, 0.25) is 17.6 Å². The zero-order chi connectivity index (χ0) is 27.3. The van der Waals surface area contributed by atoms with Gasteiger partial charge in [0, 0.05) is 42.1 Å². The van der Waals surface area contributed by atoms with Gasteiger partial charge in [-0.15, -0.1) is 0 Å². The molecular formula is C32H34BrN5O2. The molecule has 8 heteroatoms. The van der Waals surface area contributed by atoms with Gasteiger partial charge in [0.1, 0.15) is 0 Å². The fraction of sp³-hybridized carbons (Fsp3) is 0.344. The fourth-order valence-corrected chi connectivity index (χ4v) is 6.13. The highest BCUT2D eigenvalue weighted by Gasteiger charge is 2.26. The molecule has 3 heterocycles. The van der Waals surface area contributed by atoms with Crippen LogP contribution in [0.1, 0.15) is 41.0 Å². The number of fused-ring (bicyclic) bond motifs is 1. The minimum atomic E-state index is 0.0350. The number of hydrogen-bond donors (Lipinski definition) is 1. The van der Waals surface area contributed by atoms with E-state index in [1.54, 1.807) is 0 Å². The van der Waals surface area contributed by atoms with Crippen molar-refractivity contribution in [1.29, 1.82) is 0 Å².